The molecule has 3 nitrogen and oxygen atoms in total. The summed E-state index contributed by atoms with van der Waals surface area (Å²) in [5, 5.41) is 2.94. The summed E-state index contributed by atoms with van der Waals surface area (Å²) in [7, 11) is 0. The van der Waals surface area contributed by atoms with E-state index in [1.165, 1.54) is 0 Å². The van der Waals surface area contributed by atoms with Gasteiger partial charge in [0.2, 0.25) is 0 Å². The Bertz CT molecular complexity index is 435. The number of benzene rings is 1. The van der Waals surface area contributed by atoms with Crippen molar-refractivity contribution in [3.8, 4) is 11.8 Å². The summed E-state index contributed by atoms with van der Waals surface area (Å²) in [4.78, 5) is 11.7. The van der Waals surface area contributed by atoms with Crippen LogP contribution in [0.2, 0.25) is 0 Å². The van der Waals surface area contributed by atoms with E-state index in [0.29, 0.717) is 18.2 Å². The lowest BCUT2D eigenvalue weighted by atomic mass is 10.1. The minimum absolute atomic E-state index is 0.000772. The fourth-order valence-electron chi connectivity index (χ4n) is 1.35. The largest absolute Gasteiger partial charge is 0.349 e. The molecule has 0 heterocycles. The molecule has 0 aromatic heterocycles. The maximum Gasteiger partial charge on any atom is 0.251 e. The summed E-state index contributed by atoms with van der Waals surface area (Å²) >= 11 is 0. The van der Waals surface area contributed by atoms with E-state index in [9.17, 15) is 4.79 Å². The lowest BCUT2D eigenvalue weighted by molar-refractivity contribution is 0.0951. The molecule has 1 amide bonds. The third-order valence-electron chi connectivity index (χ3n) is 2.39. The van der Waals surface area contributed by atoms with Gasteiger partial charge >= 0.3 is 0 Å². The fourth-order valence-corrected chi connectivity index (χ4v) is 1.35. The highest BCUT2D eigenvalue weighted by Crippen LogP contribution is 2.19. The minimum atomic E-state index is 0.000772. The van der Waals surface area contributed by atoms with Crippen LogP contribution < -0.4 is 11.1 Å². The Balaban J connectivity index is 2.02. The van der Waals surface area contributed by atoms with Crippen molar-refractivity contribution in [3.05, 3.63) is 35.4 Å². The SMILES string of the molecule is NCC#Cc1ccc(C(=O)NC2CC2)cc1. The van der Waals surface area contributed by atoms with Gasteiger partial charge in [-0.15, -0.1) is 0 Å². The third-order valence-corrected chi connectivity index (χ3v) is 2.39. The molecule has 0 radical (unpaired) electrons. The van der Waals surface area contributed by atoms with Gasteiger partial charge in [0.25, 0.3) is 5.91 Å². The maximum absolute atomic E-state index is 11.7. The van der Waals surface area contributed by atoms with Crippen LogP contribution in [0.25, 0.3) is 0 Å². The Morgan fingerprint density at radius 3 is 2.62 bits per heavy atom. The molecule has 0 unspecified atom stereocenters. The van der Waals surface area contributed by atoms with Crippen LogP contribution in [-0.2, 0) is 0 Å². The molecule has 0 bridgehead atoms. The van der Waals surface area contributed by atoms with Crippen LogP contribution in [0, 0.1) is 11.8 Å². The van der Waals surface area contributed by atoms with E-state index in [-0.39, 0.29) is 5.91 Å². The van der Waals surface area contributed by atoms with Crippen LogP contribution in [0.5, 0.6) is 0 Å². The molecule has 1 aliphatic carbocycles. The molecule has 0 aliphatic heterocycles. The van der Waals surface area contributed by atoms with Crippen molar-refractivity contribution in [2.45, 2.75) is 18.9 Å². The summed E-state index contributed by atoms with van der Waals surface area (Å²) in [6, 6.07) is 7.65. The van der Waals surface area contributed by atoms with Crippen molar-refractivity contribution in [2.24, 2.45) is 5.73 Å². The van der Waals surface area contributed by atoms with Crippen molar-refractivity contribution in [1.82, 2.24) is 5.32 Å². The molecule has 1 aliphatic rings. The van der Waals surface area contributed by atoms with Crippen molar-refractivity contribution >= 4 is 5.91 Å². The van der Waals surface area contributed by atoms with E-state index in [2.05, 4.69) is 17.2 Å². The number of amides is 1. The van der Waals surface area contributed by atoms with E-state index in [1.54, 1.807) is 12.1 Å². The molecule has 0 atom stereocenters. The maximum atomic E-state index is 11.7. The molecule has 1 aromatic carbocycles. The molecule has 3 N–H and O–H groups in total. The van der Waals surface area contributed by atoms with Gasteiger partial charge in [0.05, 0.1) is 6.54 Å². The van der Waals surface area contributed by atoms with E-state index in [1.807, 2.05) is 12.1 Å². The average molecular weight is 214 g/mol. The Labute approximate surface area is 95.0 Å². The van der Waals surface area contributed by atoms with Crippen LogP contribution in [0.3, 0.4) is 0 Å². The zero-order valence-corrected chi connectivity index (χ0v) is 8.99. The number of nitrogens with two attached hydrogens (primary N) is 1. The Morgan fingerprint density at radius 1 is 1.38 bits per heavy atom. The first-order chi connectivity index (χ1) is 7.79. The monoisotopic (exact) mass is 214 g/mol. The lowest BCUT2D eigenvalue weighted by Gasteiger charge is -2.02. The highest BCUT2D eigenvalue weighted by atomic mass is 16.1. The van der Waals surface area contributed by atoms with E-state index >= 15 is 0 Å². The Morgan fingerprint density at radius 2 is 2.06 bits per heavy atom. The molecule has 1 fully saturated rings. The first kappa shape index (κ1) is 10.7. The van der Waals surface area contributed by atoms with Gasteiger partial charge in [-0.25, -0.2) is 0 Å². The molecular weight excluding hydrogens is 200 g/mol. The highest BCUT2D eigenvalue weighted by molar-refractivity contribution is 5.94. The molecule has 1 saturated carbocycles. The second-order valence-corrected chi connectivity index (χ2v) is 3.83. The van der Waals surface area contributed by atoms with Crippen molar-refractivity contribution in [1.29, 1.82) is 0 Å². The van der Waals surface area contributed by atoms with Gasteiger partial charge in [-0.05, 0) is 37.1 Å². The smallest absolute Gasteiger partial charge is 0.251 e. The van der Waals surface area contributed by atoms with Crippen molar-refractivity contribution in [2.75, 3.05) is 6.54 Å². The molecule has 2 rings (SSSR count). The number of carbonyl (C=O) groups excluding carboxylic acids is 1. The summed E-state index contributed by atoms with van der Waals surface area (Å²) < 4.78 is 0. The summed E-state index contributed by atoms with van der Waals surface area (Å²) in [5.41, 5.74) is 6.85. The van der Waals surface area contributed by atoms with E-state index in [4.69, 9.17) is 5.73 Å². The minimum Gasteiger partial charge on any atom is -0.349 e. The van der Waals surface area contributed by atoms with Crippen molar-refractivity contribution < 1.29 is 4.79 Å². The predicted octanol–water partition coefficient (Wildman–Crippen LogP) is 0.889. The first-order valence-electron chi connectivity index (χ1n) is 5.39. The topological polar surface area (TPSA) is 55.1 Å². The van der Waals surface area contributed by atoms with Crippen LogP contribution in [-0.4, -0.2) is 18.5 Å². The van der Waals surface area contributed by atoms with Gasteiger partial charge in [0, 0.05) is 17.2 Å². The van der Waals surface area contributed by atoms with Crippen LogP contribution in [0.1, 0.15) is 28.8 Å². The van der Waals surface area contributed by atoms with Crippen LogP contribution in [0.15, 0.2) is 24.3 Å². The zero-order chi connectivity index (χ0) is 11.4. The lowest BCUT2D eigenvalue weighted by Crippen LogP contribution is -2.25. The summed E-state index contributed by atoms with van der Waals surface area (Å²) in [6.07, 6.45) is 2.21. The normalized spacial score (nSPS) is 13.8. The fraction of sp³-hybridized carbons (Fsp3) is 0.308. The molecule has 0 spiro atoms. The molecule has 82 valence electrons. The number of carbonyl (C=O) groups is 1. The number of hydrogen-bond donors (Lipinski definition) is 2. The molecule has 1 aromatic rings. The molecule has 16 heavy (non-hydrogen) atoms. The highest BCUT2D eigenvalue weighted by Gasteiger charge is 2.23. The molecule has 3 heteroatoms. The Hall–Kier alpha value is -1.79. The molecular formula is C13H14N2O. The van der Waals surface area contributed by atoms with Crippen LogP contribution in [0.4, 0.5) is 0 Å². The average Bonchev–Trinajstić information content (AvgIpc) is 3.11. The van der Waals surface area contributed by atoms with Gasteiger partial charge in [-0.3, -0.25) is 4.79 Å². The van der Waals surface area contributed by atoms with Gasteiger partial charge in [-0.2, -0.15) is 0 Å². The first-order valence-corrected chi connectivity index (χ1v) is 5.39. The quantitative estimate of drug-likeness (QED) is 0.718. The van der Waals surface area contributed by atoms with Gasteiger partial charge in [-0.1, -0.05) is 11.8 Å². The number of nitrogens with one attached hydrogen (secondary N) is 1. The third kappa shape index (κ3) is 2.85. The van der Waals surface area contributed by atoms with Crippen LogP contribution >= 0.6 is 0 Å². The summed E-state index contributed by atoms with van der Waals surface area (Å²) in [6.45, 7) is 0.351. The van der Waals surface area contributed by atoms with Crippen molar-refractivity contribution in [3.63, 3.8) is 0 Å². The van der Waals surface area contributed by atoms with E-state index in [0.717, 1.165) is 18.4 Å². The van der Waals surface area contributed by atoms with Gasteiger partial charge in [0.1, 0.15) is 0 Å². The Kier molecular flexibility index (Phi) is 3.23. The predicted molar refractivity (Wildman–Crippen MR) is 62.9 cm³/mol. The molecule has 0 saturated heterocycles. The summed E-state index contributed by atoms with van der Waals surface area (Å²) in [5.74, 6) is 5.69. The standard InChI is InChI=1S/C13H14N2O/c14-9-1-2-10-3-5-11(6-4-10)13(16)15-12-7-8-12/h3-6,12H,7-9,14H2,(H,15,16). The zero-order valence-electron chi connectivity index (χ0n) is 8.99. The number of rotatable bonds is 2. The van der Waals surface area contributed by atoms with Gasteiger partial charge < -0.3 is 11.1 Å². The number of hydrogen-bond acceptors (Lipinski definition) is 2. The second kappa shape index (κ2) is 4.82. The van der Waals surface area contributed by atoms with Gasteiger partial charge in [0.15, 0.2) is 0 Å². The second-order valence-electron chi connectivity index (χ2n) is 3.83. The van der Waals surface area contributed by atoms with E-state index < -0.39 is 0 Å².